The Morgan fingerprint density at radius 3 is 2.24 bits per heavy atom. The molecule has 17 heavy (non-hydrogen) atoms. The van der Waals surface area contributed by atoms with Crippen molar-refractivity contribution in [2.24, 2.45) is 0 Å². The summed E-state index contributed by atoms with van der Waals surface area (Å²) in [6.45, 7) is 13.1. The molecule has 0 rings (SSSR count). The van der Waals surface area contributed by atoms with Crippen molar-refractivity contribution in [3.05, 3.63) is 78.8 Å². The van der Waals surface area contributed by atoms with Gasteiger partial charge in [-0.3, -0.25) is 0 Å². The normalized spacial score (nSPS) is 12.2. The monoisotopic (exact) mass is 227 g/mol. The van der Waals surface area contributed by atoms with Gasteiger partial charge in [-0.05, 0) is 29.7 Å². The third-order valence-corrected chi connectivity index (χ3v) is 2.01. The van der Waals surface area contributed by atoms with Crippen molar-refractivity contribution in [2.75, 3.05) is 14.1 Å². The van der Waals surface area contributed by atoms with E-state index in [1.807, 2.05) is 56.4 Å². The summed E-state index contributed by atoms with van der Waals surface area (Å²) in [6.07, 6.45) is 11.5. The van der Waals surface area contributed by atoms with Crippen LogP contribution in [0.5, 0.6) is 0 Å². The summed E-state index contributed by atoms with van der Waals surface area (Å²) in [5, 5.41) is 0. The molecule has 1 nitrogen and oxygen atoms in total. The van der Waals surface area contributed by atoms with E-state index in [1.165, 1.54) is 0 Å². The Kier molecular flexibility index (Phi) is 7.25. The fourth-order valence-corrected chi connectivity index (χ4v) is 1.21. The lowest BCUT2D eigenvalue weighted by molar-refractivity contribution is 0.561. The van der Waals surface area contributed by atoms with Gasteiger partial charge in [0.05, 0.1) is 0 Å². The maximum atomic E-state index is 3.84. The molecule has 0 aliphatic carbocycles. The summed E-state index contributed by atoms with van der Waals surface area (Å²) >= 11 is 0. The van der Waals surface area contributed by atoms with Crippen LogP contribution >= 0.6 is 0 Å². The molecule has 0 aliphatic rings. The first-order valence-electron chi connectivity index (χ1n) is 5.43. The second-order valence-corrected chi connectivity index (χ2v) is 3.81. The van der Waals surface area contributed by atoms with E-state index in [1.54, 1.807) is 6.08 Å². The molecule has 0 radical (unpaired) electrons. The van der Waals surface area contributed by atoms with Gasteiger partial charge >= 0.3 is 0 Å². The number of allylic oxidation sites excluding steroid dienone is 8. The molecular formula is C16H21N. The minimum absolute atomic E-state index is 0.986. The molecule has 1 heteroatoms. The highest BCUT2D eigenvalue weighted by atomic mass is 15.0. The molecule has 0 saturated carbocycles. The topological polar surface area (TPSA) is 3.24 Å². The lowest BCUT2D eigenvalue weighted by Gasteiger charge is -2.10. The molecule has 0 atom stereocenters. The first-order valence-corrected chi connectivity index (χ1v) is 5.43. The van der Waals surface area contributed by atoms with Crippen molar-refractivity contribution >= 4 is 0 Å². The van der Waals surface area contributed by atoms with Gasteiger partial charge in [-0.2, -0.15) is 0 Å². The number of rotatable bonds is 6. The zero-order chi connectivity index (χ0) is 13.3. The molecule has 0 spiro atoms. The Hall–Kier alpha value is -1.98. The third kappa shape index (κ3) is 6.24. The molecular weight excluding hydrogens is 206 g/mol. The van der Waals surface area contributed by atoms with Gasteiger partial charge in [0, 0.05) is 20.3 Å². The van der Waals surface area contributed by atoms with E-state index in [4.69, 9.17) is 0 Å². The number of nitrogens with zero attached hydrogens (tertiary/aromatic N) is 1. The second-order valence-electron chi connectivity index (χ2n) is 3.81. The summed E-state index contributed by atoms with van der Waals surface area (Å²) < 4.78 is 0. The highest BCUT2D eigenvalue weighted by Crippen LogP contribution is 2.15. The van der Waals surface area contributed by atoms with E-state index in [9.17, 15) is 0 Å². The summed E-state index contributed by atoms with van der Waals surface area (Å²) in [5.41, 5.74) is 5.95. The van der Waals surface area contributed by atoms with Gasteiger partial charge < -0.3 is 4.90 Å². The second kappa shape index (κ2) is 8.20. The van der Waals surface area contributed by atoms with Crippen molar-refractivity contribution in [2.45, 2.75) is 6.92 Å². The van der Waals surface area contributed by atoms with Crippen LogP contribution < -0.4 is 0 Å². The SMILES string of the molecule is C=C=C(C)/C=C(\C=C/C=C)C(/C=C)=C/N(C)C. The molecule has 0 aromatic rings. The van der Waals surface area contributed by atoms with Crippen LogP contribution in [-0.4, -0.2) is 19.0 Å². The predicted molar refractivity (Wildman–Crippen MR) is 77.7 cm³/mol. The van der Waals surface area contributed by atoms with Gasteiger partial charge in [0.1, 0.15) is 0 Å². The summed E-state index contributed by atoms with van der Waals surface area (Å²) in [6, 6.07) is 0. The van der Waals surface area contributed by atoms with Gasteiger partial charge in [0.15, 0.2) is 0 Å². The molecule has 0 bridgehead atoms. The Labute approximate surface area is 105 Å². The summed E-state index contributed by atoms with van der Waals surface area (Å²) in [4.78, 5) is 1.99. The van der Waals surface area contributed by atoms with Crippen molar-refractivity contribution in [1.82, 2.24) is 4.90 Å². The van der Waals surface area contributed by atoms with Crippen molar-refractivity contribution in [3.8, 4) is 0 Å². The predicted octanol–water partition coefficient (Wildman–Crippen LogP) is 4.02. The van der Waals surface area contributed by atoms with E-state index in [0.29, 0.717) is 0 Å². The maximum Gasteiger partial charge on any atom is 0.00645 e. The van der Waals surface area contributed by atoms with Crippen molar-refractivity contribution in [3.63, 3.8) is 0 Å². The van der Waals surface area contributed by atoms with Crippen LogP contribution in [0.25, 0.3) is 0 Å². The smallest absolute Gasteiger partial charge is 0.00645 e. The van der Waals surface area contributed by atoms with Crippen LogP contribution in [0.1, 0.15) is 6.92 Å². The number of hydrogen-bond donors (Lipinski definition) is 0. The van der Waals surface area contributed by atoms with Gasteiger partial charge in [0.2, 0.25) is 0 Å². The fourth-order valence-electron chi connectivity index (χ4n) is 1.21. The third-order valence-electron chi connectivity index (χ3n) is 2.01. The molecule has 0 N–H and O–H groups in total. The Morgan fingerprint density at radius 2 is 1.82 bits per heavy atom. The van der Waals surface area contributed by atoms with E-state index < -0.39 is 0 Å². The van der Waals surface area contributed by atoms with Gasteiger partial charge in [-0.15, -0.1) is 5.73 Å². The zero-order valence-electron chi connectivity index (χ0n) is 11.0. The Morgan fingerprint density at radius 1 is 1.18 bits per heavy atom. The lowest BCUT2D eigenvalue weighted by Crippen LogP contribution is -2.03. The van der Waals surface area contributed by atoms with Crippen molar-refractivity contribution < 1.29 is 0 Å². The first-order chi connectivity index (χ1) is 8.04. The van der Waals surface area contributed by atoms with Crippen LogP contribution in [0.3, 0.4) is 0 Å². The molecule has 0 amide bonds. The minimum Gasteiger partial charge on any atom is -0.383 e. The van der Waals surface area contributed by atoms with E-state index in [-0.39, 0.29) is 0 Å². The molecule has 0 aliphatic heterocycles. The lowest BCUT2D eigenvalue weighted by atomic mass is 10.0. The van der Waals surface area contributed by atoms with Gasteiger partial charge in [-0.1, -0.05) is 44.0 Å². The largest absolute Gasteiger partial charge is 0.383 e. The fraction of sp³-hybridized carbons (Fsp3) is 0.188. The molecule has 90 valence electrons. The summed E-state index contributed by atoms with van der Waals surface area (Å²) in [5.74, 6) is 0. The quantitative estimate of drug-likeness (QED) is 0.489. The van der Waals surface area contributed by atoms with Crippen LogP contribution in [0, 0.1) is 0 Å². The highest BCUT2D eigenvalue weighted by molar-refractivity contribution is 5.49. The van der Waals surface area contributed by atoms with Gasteiger partial charge in [0.25, 0.3) is 0 Å². The van der Waals surface area contributed by atoms with E-state index in [2.05, 4.69) is 25.5 Å². The molecule has 0 aromatic heterocycles. The van der Waals surface area contributed by atoms with Crippen molar-refractivity contribution in [1.29, 1.82) is 0 Å². The summed E-state index contributed by atoms with van der Waals surface area (Å²) in [7, 11) is 3.96. The molecule has 0 fully saturated rings. The van der Waals surface area contributed by atoms with Crippen LogP contribution in [0.4, 0.5) is 0 Å². The Balaban J connectivity index is 5.51. The minimum atomic E-state index is 0.986. The molecule has 0 unspecified atom stereocenters. The maximum absolute atomic E-state index is 3.84. The highest BCUT2D eigenvalue weighted by Gasteiger charge is 1.98. The zero-order valence-corrected chi connectivity index (χ0v) is 11.0. The van der Waals surface area contributed by atoms with Crippen LogP contribution in [0.15, 0.2) is 78.8 Å². The number of hydrogen-bond acceptors (Lipinski definition) is 1. The van der Waals surface area contributed by atoms with E-state index in [0.717, 1.165) is 16.7 Å². The standard InChI is InChI=1S/C16H21N/c1-7-10-11-16(12-14(4)8-2)15(9-3)13-17(5)6/h7,9-13H,1-3H2,4-6H3/b11-10-,15-13+,16-12+. The molecule has 0 aromatic carbocycles. The van der Waals surface area contributed by atoms with Gasteiger partial charge in [-0.25, -0.2) is 0 Å². The van der Waals surface area contributed by atoms with Crippen LogP contribution in [0.2, 0.25) is 0 Å². The van der Waals surface area contributed by atoms with Crippen LogP contribution in [-0.2, 0) is 0 Å². The first kappa shape index (κ1) is 15.0. The molecule has 0 heterocycles. The van der Waals surface area contributed by atoms with E-state index >= 15 is 0 Å². The average Bonchev–Trinajstić information content (AvgIpc) is 2.30. The average molecular weight is 227 g/mol. The Bertz CT molecular complexity index is 411. The molecule has 0 saturated heterocycles.